The van der Waals surface area contributed by atoms with Crippen molar-refractivity contribution in [2.75, 3.05) is 0 Å². The SMILES string of the molecule is CCCc1ccnc(-n2c3ccccc3c3ccc(Oc4cc(C(C)C)cc(-n5nc(C)c(C6C(C)=C[C@H](C)C[C@@H]6C)c5C(C)(C)C)c4)cc32)c1. The van der Waals surface area contributed by atoms with Crippen LogP contribution < -0.4 is 4.74 Å². The van der Waals surface area contributed by atoms with Gasteiger partial charge in [0.05, 0.1) is 28.1 Å². The highest BCUT2D eigenvalue weighted by atomic mass is 16.5. The van der Waals surface area contributed by atoms with Crippen molar-refractivity contribution in [3.05, 3.63) is 119 Å². The van der Waals surface area contributed by atoms with Crippen LogP contribution in [0.15, 0.2) is 90.6 Å². The number of fused-ring (bicyclic) bond motifs is 3. The molecule has 51 heavy (non-hydrogen) atoms. The quantitative estimate of drug-likeness (QED) is 0.151. The summed E-state index contributed by atoms with van der Waals surface area (Å²) in [4.78, 5) is 4.85. The minimum absolute atomic E-state index is 0.116. The van der Waals surface area contributed by atoms with Gasteiger partial charge < -0.3 is 4.74 Å². The normalized spacial score (nSPS) is 18.2. The second-order valence-electron chi connectivity index (χ2n) is 16.4. The van der Waals surface area contributed by atoms with Crippen LogP contribution in [0.5, 0.6) is 11.5 Å². The van der Waals surface area contributed by atoms with Gasteiger partial charge in [-0.05, 0) is 98.0 Å². The number of allylic oxidation sites excluding steroid dienone is 2. The molecule has 3 heterocycles. The van der Waals surface area contributed by atoms with Crippen molar-refractivity contribution in [3.63, 3.8) is 0 Å². The Balaban J connectivity index is 1.35. The molecule has 3 atom stereocenters. The first kappa shape index (κ1) is 34.8. The van der Waals surface area contributed by atoms with E-state index < -0.39 is 0 Å². The fourth-order valence-electron chi connectivity index (χ4n) is 8.67. The molecular formula is C46H54N4O. The van der Waals surface area contributed by atoms with E-state index in [1.54, 1.807) is 0 Å². The van der Waals surface area contributed by atoms with Crippen LogP contribution in [-0.2, 0) is 11.8 Å². The summed E-state index contributed by atoms with van der Waals surface area (Å²) in [5, 5.41) is 7.70. The maximum Gasteiger partial charge on any atom is 0.137 e. The van der Waals surface area contributed by atoms with Crippen LogP contribution in [0.25, 0.3) is 33.3 Å². The molecule has 1 aliphatic rings. The lowest BCUT2D eigenvalue weighted by molar-refractivity contribution is 0.385. The summed E-state index contributed by atoms with van der Waals surface area (Å²) >= 11 is 0. The Morgan fingerprint density at radius 1 is 0.882 bits per heavy atom. The first-order chi connectivity index (χ1) is 24.3. The number of nitrogens with zero attached hydrogens (tertiary/aromatic N) is 4. The molecule has 3 aromatic carbocycles. The van der Waals surface area contributed by atoms with Crippen LogP contribution in [-0.4, -0.2) is 19.3 Å². The van der Waals surface area contributed by atoms with Gasteiger partial charge in [-0.1, -0.05) is 91.7 Å². The monoisotopic (exact) mass is 678 g/mol. The molecule has 3 aromatic heterocycles. The van der Waals surface area contributed by atoms with Gasteiger partial charge in [0.25, 0.3) is 0 Å². The molecule has 0 spiro atoms. The van der Waals surface area contributed by atoms with Crippen LogP contribution in [0.4, 0.5) is 0 Å². The third-order valence-electron chi connectivity index (χ3n) is 10.8. The summed E-state index contributed by atoms with van der Waals surface area (Å²) in [5.41, 5.74) is 10.9. The van der Waals surface area contributed by atoms with Gasteiger partial charge in [-0.3, -0.25) is 4.57 Å². The van der Waals surface area contributed by atoms with Gasteiger partial charge in [-0.2, -0.15) is 5.10 Å². The number of ether oxygens (including phenoxy) is 1. The molecule has 0 saturated carbocycles. The maximum atomic E-state index is 6.83. The summed E-state index contributed by atoms with van der Waals surface area (Å²) < 4.78 is 11.3. The van der Waals surface area contributed by atoms with Crippen LogP contribution >= 0.6 is 0 Å². The lowest BCUT2D eigenvalue weighted by atomic mass is 9.70. The fraction of sp³-hybridized carbons (Fsp3) is 0.391. The molecule has 1 aliphatic carbocycles. The molecule has 0 fully saturated rings. The zero-order chi connectivity index (χ0) is 36.2. The van der Waals surface area contributed by atoms with Crippen molar-refractivity contribution in [3.8, 4) is 23.0 Å². The van der Waals surface area contributed by atoms with Gasteiger partial charge in [0.15, 0.2) is 0 Å². The molecular weight excluding hydrogens is 625 g/mol. The van der Waals surface area contributed by atoms with Gasteiger partial charge in [0.1, 0.15) is 17.3 Å². The van der Waals surface area contributed by atoms with Gasteiger partial charge in [0.2, 0.25) is 0 Å². The number of pyridine rings is 1. The number of rotatable bonds is 8. The van der Waals surface area contributed by atoms with E-state index in [-0.39, 0.29) is 5.41 Å². The topological polar surface area (TPSA) is 44.9 Å². The van der Waals surface area contributed by atoms with E-state index in [2.05, 4.69) is 157 Å². The third-order valence-corrected chi connectivity index (χ3v) is 10.8. The smallest absolute Gasteiger partial charge is 0.137 e. The second-order valence-corrected chi connectivity index (χ2v) is 16.4. The lowest BCUT2D eigenvalue weighted by Gasteiger charge is -2.34. The Labute approximate surface area is 304 Å². The Morgan fingerprint density at radius 3 is 2.37 bits per heavy atom. The largest absolute Gasteiger partial charge is 0.457 e. The van der Waals surface area contributed by atoms with Crippen molar-refractivity contribution < 1.29 is 4.74 Å². The Bertz CT molecular complexity index is 2260. The highest BCUT2D eigenvalue weighted by Crippen LogP contribution is 2.46. The molecule has 5 heteroatoms. The zero-order valence-electron chi connectivity index (χ0n) is 32.2. The molecule has 0 saturated heterocycles. The summed E-state index contributed by atoms with van der Waals surface area (Å²) in [6.07, 6.45) is 7.73. The fourth-order valence-corrected chi connectivity index (χ4v) is 8.67. The third kappa shape index (κ3) is 6.52. The van der Waals surface area contributed by atoms with E-state index in [4.69, 9.17) is 14.8 Å². The number of hydrogen-bond donors (Lipinski definition) is 0. The number of aryl methyl sites for hydroxylation is 2. The minimum Gasteiger partial charge on any atom is -0.457 e. The number of benzene rings is 3. The second kappa shape index (κ2) is 13.5. The highest BCUT2D eigenvalue weighted by molar-refractivity contribution is 6.09. The molecule has 7 rings (SSSR count). The van der Waals surface area contributed by atoms with E-state index in [1.807, 2.05) is 6.20 Å². The number of aromatic nitrogens is 4. The predicted octanol–water partition coefficient (Wildman–Crippen LogP) is 12.5. The van der Waals surface area contributed by atoms with Crippen LogP contribution in [0, 0.1) is 18.8 Å². The molecule has 6 aromatic rings. The van der Waals surface area contributed by atoms with Crippen LogP contribution in [0.3, 0.4) is 0 Å². The number of para-hydroxylation sites is 1. The van der Waals surface area contributed by atoms with Crippen LogP contribution in [0.1, 0.15) is 115 Å². The van der Waals surface area contributed by atoms with E-state index in [0.29, 0.717) is 23.7 Å². The van der Waals surface area contributed by atoms with E-state index in [9.17, 15) is 0 Å². The minimum atomic E-state index is -0.116. The first-order valence-electron chi connectivity index (χ1n) is 18.9. The van der Waals surface area contributed by atoms with Gasteiger partial charge >= 0.3 is 0 Å². The van der Waals surface area contributed by atoms with Crippen LogP contribution in [0.2, 0.25) is 0 Å². The van der Waals surface area contributed by atoms with Gasteiger partial charge in [-0.15, -0.1) is 0 Å². The summed E-state index contributed by atoms with van der Waals surface area (Å²) in [6.45, 7) is 23.0. The molecule has 1 unspecified atom stereocenters. The van der Waals surface area contributed by atoms with Crippen molar-refractivity contribution in [2.45, 2.75) is 106 Å². The average molecular weight is 679 g/mol. The molecule has 264 valence electrons. The molecule has 0 aliphatic heterocycles. The predicted molar refractivity (Wildman–Crippen MR) is 213 cm³/mol. The van der Waals surface area contributed by atoms with E-state index in [1.165, 1.54) is 45.2 Å². The highest BCUT2D eigenvalue weighted by Gasteiger charge is 2.36. The molecule has 5 nitrogen and oxygen atoms in total. The van der Waals surface area contributed by atoms with Crippen molar-refractivity contribution >= 4 is 21.8 Å². The average Bonchev–Trinajstić information content (AvgIpc) is 3.59. The van der Waals surface area contributed by atoms with Gasteiger partial charge in [0, 0.05) is 46.0 Å². The maximum absolute atomic E-state index is 6.83. The summed E-state index contributed by atoms with van der Waals surface area (Å²) in [6, 6.07) is 26.0. The Kier molecular flexibility index (Phi) is 9.20. The Hall–Kier alpha value is -4.64. The lowest BCUT2D eigenvalue weighted by Crippen LogP contribution is -2.25. The van der Waals surface area contributed by atoms with Crippen molar-refractivity contribution in [2.24, 2.45) is 11.8 Å². The van der Waals surface area contributed by atoms with E-state index >= 15 is 0 Å². The zero-order valence-corrected chi connectivity index (χ0v) is 32.2. The summed E-state index contributed by atoms with van der Waals surface area (Å²) in [7, 11) is 0. The van der Waals surface area contributed by atoms with Crippen molar-refractivity contribution in [1.82, 2.24) is 19.3 Å². The van der Waals surface area contributed by atoms with E-state index in [0.717, 1.165) is 52.6 Å². The van der Waals surface area contributed by atoms with Gasteiger partial charge in [-0.25, -0.2) is 9.67 Å². The molecule has 0 amide bonds. The molecule has 0 radical (unpaired) electrons. The number of hydrogen-bond acceptors (Lipinski definition) is 3. The standard InChI is InChI=1S/C46H54N4O/c1-11-14-33-19-20-47-42(23-33)49-40-16-13-12-15-38(40)39-18-17-36(27-41(39)49)51-37-25-34(28(2)3)24-35(26-37)50-45(46(8,9)10)44(32(7)48-50)43-30(5)21-29(4)22-31(43)6/h12-13,15-21,23-29,31,43H,11,14,22H2,1-10H3/t29-,31-,43?/m0/s1. The first-order valence-corrected chi connectivity index (χ1v) is 18.9. The summed E-state index contributed by atoms with van der Waals surface area (Å²) in [5.74, 6) is 4.38. The Morgan fingerprint density at radius 2 is 1.65 bits per heavy atom. The molecule has 0 bridgehead atoms. The molecule has 0 N–H and O–H groups in total. The van der Waals surface area contributed by atoms with Crippen molar-refractivity contribution in [1.29, 1.82) is 0 Å².